The third kappa shape index (κ3) is 26.4. The Morgan fingerprint density at radius 3 is 1.60 bits per heavy atom. The van der Waals surface area contributed by atoms with E-state index in [9.17, 15) is 0 Å². The van der Waals surface area contributed by atoms with Crippen LogP contribution in [0.2, 0.25) is 0 Å². The molecule has 0 spiro atoms. The van der Waals surface area contributed by atoms with Crippen molar-refractivity contribution >= 4 is 26.7 Å². The van der Waals surface area contributed by atoms with E-state index in [0.717, 1.165) is 0 Å². The molecule has 0 rings (SSSR count). The first-order valence-electron chi connectivity index (χ1n) is 0.592. The van der Waals surface area contributed by atoms with Crippen molar-refractivity contribution in [2.45, 2.75) is 0 Å². The fourth-order valence-corrected chi connectivity index (χ4v) is 0. The van der Waals surface area contributed by atoms with Gasteiger partial charge in [-0.2, -0.15) is 0 Å². The van der Waals surface area contributed by atoms with Crippen LogP contribution in [0, 0.1) is 0 Å². The predicted molar refractivity (Wildman–Crippen MR) is 20.5 cm³/mol. The molecule has 0 bridgehead atoms. The first kappa shape index (κ1) is 15.9. The van der Waals surface area contributed by atoms with E-state index < -0.39 is 0 Å². The van der Waals surface area contributed by atoms with Gasteiger partial charge in [0.2, 0.25) is 0 Å². The van der Waals surface area contributed by atoms with E-state index in [2.05, 4.69) is 20.2 Å². The molecule has 0 amide bonds. The molecule has 0 aromatic heterocycles. The molecule has 0 N–H and O–H groups in total. The Kier molecular flexibility index (Phi) is 54.4. The zero-order valence-corrected chi connectivity index (χ0v) is 7.68. The van der Waals surface area contributed by atoms with Gasteiger partial charge in [-0.15, -0.1) is 0 Å². The zero-order chi connectivity index (χ0) is 2.71. The van der Waals surface area contributed by atoms with Gasteiger partial charge in [-0.1, -0.05) is 0 Å². The van der Waals surface area contributed by atoms with E-state index in [1.807, 2.05) is 0 Å². The van der Waals surface area contributed by atoms with E-state index in [1.54, 1.807) is 0 Å². The third-order valence-corrected chi connectivity index (χ3v) is 0. The molecule has 5 heteroatoms. The molecule has 0 aromatic rings. The maximum atomic E-state index is 4.59. The van der Waals surface area contributed by atoms with Crippen LogP contribution >= 0.6 is 12.5 Å². The van der Waals surface area contributed by atoms with Crippen LogP contribution in [0.3, 0.4) is 0 Å². The Morgan fingerprint density at radius 1 is 1.60 bits per heavy atom. The minimum Gasteiger partial charge on any atom is -0.246 e. The third-order valence-electron chi connectivity index (χ3n) is 0. The minimum atomic E-state index is 0. The molecule has 0 saturated carbocycles. The summed E-state index contributed by atoms with van der Waals surface area (Å²) in [6, 6.07) is 0. The number of rotatable bonds is 0. The molecule has 5 heavy (non-hydrogen) atoms. The second-order valence-corrected chi connectivity index (χ2v) is 0.447. The second kappa shape index (κ2) is 17.1. The van der Waals surface area contributed by atoms with Gasteiger partial charge < -0.3 is 0 Å². The fourth-order valence-electron chi connectivity index (χ4n) is 0. The summed E-state index contributed by atoms with van der Waals surface area (Å²) in [7, 11) is 4.59. The fraction of sp³-hybridized carbons (Fsp3) is 0. The molecule has 0 nitrogen and oxygen atoms in total. The molecule has 0 heterocycles. The van der Waals surface area contributed by atoms with Gasteiger partial charge in [-0.25, -0.2) is 12.5 Å². The summed E-state index contributed by atoms with van der Waals surface area (Å²) in [6.07, 6.45) is 1.19. The van der Waals surface area contributed by atoms with Gasteiger partial charge >= 0.3 is 0 Å². The van der Waals surface area contributed by atoms with Crippen molar-refractivity contribution in [1.29, 1.82) is 0 Å². The molecule has 4 radical (unpaired) electrons. The first-order valence-corrected chi connectivity index (χ1v) is 1.11. The quantitative estimate of drug-likeness (QED) is 0.456. The molecule has 24 valence electrons. The summed E-state index contributed by atoms with van der Waals surface area (Å²) in [5, 5.41) is 0. The van der Waals surface area contributed by atoms with Crippen LogP contribution in [0.1, 0.15) is 0 Å². The van der Waals surface area contributed by atoms with Crippen molar-refractivity contribution in [3.63, 3.8) is 0 Å². The van der Waals surface area contributed by atoms with Crippen LogP contribution in [0.5, 0.6) is 0 Å². The van der Waals surface area contributed by atoms with Crippen LogP contribution in [-0.2, 0) is 39.6 Å². The molecule has 0 unspecified atom stereocenters. The molecule has 0 fully saturated rings. The maximum Gasteiger partial charge on any atom is 0.130 e. The smallest absolute Gasteiger partial charge is 0.130 e. The van der Waals surface area contributed by atoms with Gasteiger partial charge in [0.1, 0.15) is 6.45 Å². The van der Waals surface area contributed by atoms with Crippen LogP contribution in [0.25, 0.3) is 0 Å². The first-order chi connectivity index (χ1) is 1.41. The molecular weight excluding hydrogens is 288 g/mol. The van der Waals surface area contributed by atoms with Gasteiger partial charge in [0, 0.05) is 47.4 Å². The van der Waals surface area contributed by atoms with Gasteiger partial charge in [-0.3, -0.25) is 0 Å². The van der Waals surface area contributed by atoms with Gasteiger partial charge in [-0.05, 0) is 0 Å². The molecule has 0 aliphatic rings. The van der Waals surface area contributed by atoms with Crippen LogP contribution in [0.4, 0.5) is 0 Å². The Hall–Kier alpha value is 1.75. The average Bonchev–Trinajstić information content (AvgIpc) is 0.918. The topological polar surface area (TPSA) is 0 Å². The van der Waals surface area contributed by atoms with Crippen molar-refractivity contribution in [3.05, 3.63) is 0 Å². The summed E-state index contributed by atoms with van der Waals surface area (Å²) in [6.45, 7) is 0. The van der Waals surface area contributed by atoms with Crippen LogP contribution in [-0.4, -0.2) is 14.2 Å². The number of hydrogen-bond donors (Lipinski definition) is 1. The zero-order valence-electron chi connectivity index (χ0n) is 2.46. The molecule has 0 atom stereocenters. The van der Waals surface area contributed by atoms with Crippen LogP contribution in [0.15, 0.2) is 0 Å². The van der Waals surface area contributed by atoms with E-state index in [-0.39, 0.29) is 39.6 Å². The summed E-state index contributed by atoms with van der Waals surface area (Å²) >= 11 is 3.44. The maximum absolute atomic E-state index is 4.59. The van der Waals surface area contributed by atoms with Crippen molar-refractivity contribution in [1.82, 2.24) is 0 Å². The SMILES string of the molecule is [B][B]S.[V].[W]. The predicted octanol–water partition coefficient (Wildman–Crippen LogP) is -0.386. The standard InChI is InChI=1S/B2HS.V.W/c1-2-3;;/h3H;;. The Labute approximate surface area is 65.9 Å². The molecular formula is HB2SVW. The number of thiol groups is 1. The molecule has 0 saturated heterocycles. The van der Waals surface area contributed by atoms with E-state index in [4.69, 9.17) is 0 Å². The average molecular weight is 289 g/mol. The molecule has 0 aliphatic heterocycles. The van der Waals surface area contributed by atoms with Crippen molar-refractivity contribution in [2.75, 3.05) is 0 Å². The van der Waals surface area contributed by atoms with Gasteiger partial charge in [0.05, 0.1) is 0 Å². The Bertz CT molecular complexity index is 9.61. The Balaban J connectivity index is -0.0000000200. The summed E-state index contributed by atoms with van der Waals surface area (Å²) in [5.41, 5.74) is 0. The van der Waals surface area contributed by atoms with Crippen molar-refractivity contribution in [3.8, 4) is 0 Å². The molecule has 0 aliphatic carbocycles. The summed E-state index contributed by atoms with van der Waals surface area (Å²) in [5.74, 6) is 0. The van der Waals surface area contributed by atoms with Gasteiger partial charge in [0.15, 0.2) is 0 Å². The minimum absolute atomic E-state index is 0. The monoisotopic (exact) mass is 290 g/mol. The van der Waals surface area contributed by atoms with Crippen LogP contribution < -0.4 is 0 Å². The second-order valence-electron chi connectivity index (χ2n) is 0.149. The van der Waals surface area contributed by atoms with E-state index in [0.29, 0.717) is 0 Å². The number of hydrogen-bond acceptors (Lipinski definition) is 1. The largest absolute Gasteiger partial charge is 0.246 e. The summed E-state index contributed by atoms with van der Waals surface area (Å²) in [4.78, 5) is 0. The van der Waals surface area contributed by atoms with Gasteiger partial charge in [0.25, 0.3) is 0 Å². The van der Waals surface area contributed by atoms with E-state index in [1.165, 1.54) is 6.45 Å². The summed E-state index contributed by atoms with van der Waals surface area (Å²) < 4.78 is 0. The van der Waals surface area contributed by atoms with Crippen molar-refractivity contribution in [2.24, 2.45) is 0 Å². The van der Waals surface area contributed by atoms with Crippen molar-refractivity contribution < 1.29 is 39.6 Å². The van der Waals surface area contributed by atoms with E-state index >= 15 is 0 Å². The Morgan fingerprint density at radius 2 is 1.60 bits per heavy atom. The molecule has 0 aromatic carbocycles. The normalized spacial score (nSPS) is 2.60.